The molecular weight excluding hydrogens is 192 g/mol. The van der Waals surface area contributed by atoms with E-state index in [1.165, 1.54) is 14.0 Å². The van der Waals surface area contributed by atoms with Crippen LogP contribution in [0.3, 0.4) is 0 Å². The van der Waals surface area contributed by atoms with E-state index < -0.39 is 6.10 Å². The Bertz CT molecular complexity index is 308. The van der Waals surface area contributed by atoms with Crippen LogP contribution in [0.2, 0.25) is 0 Å². The first-order valence-corrected chi connectivity index (χ1v) is 4.81. The molecule has 15 heavy (non-hydrogen) atoms. The summed E-state index contributed by atoms with van der Waals surface area (Å²) in [7, 11) is 3.09. The Kier molecular flexibility index (Phi) is 4.46. The van der Waals surface area contributed by atoms with E-state index in [9.17, 15) is 4.79 Å². The Morgan fingerprint density at radius 1 is 1.13 bits per heavy atom. The van der Waals surface area contributed by atoms with Gasteiger partial charge in [0.25, 0.3) is 0 Å². The van der Waals surface area contributed by atoms with E-state index in [1.807, 2.05) is 30.3 Å². The van der Waals surface area contributed by atoms with E-state index in [2.05, 4.69) is 0 Å². The number of Topliss-reactive ketones (excluding diaryl/α,β-unsaturated/α-hetero) is 1. The van der Waals surface area contributed by atoms with Gasteiger partial charge in [-0.05, 0) is 12.5 Å². The van der Waals surface area contributed by atoms with Crippen molar-refractivity contribution in [3.05, 3.63) is 35.9 Å². The minimum Gasteiger partial charge on any atom is -0.374 e. The lowest BCUT2D eigenvalue weighted by Crippen LogP contribution is -2.29. The first kappa shape index (κ1) is 11.9. The summed E-state index contributed by atoms with van der Waals surface area (Å²) in [5.41, 5.74) is 0.946. The Morgan fingerprint density at radius 2 is 1.73 bits per heavy atom. The van der Waals surface area contributed by atoms with Crippen molar-refractivity contribution >= 4 is 5.78 Å². The van der Waals surface area contributed by atoms with Gasteiger partial charge in [0, 0.05) is 14.2 Å². The molecule has 1 aromatic carbocycles. The van der Waals surface area contributed by atoms with Crippen LogP contribution in [-0.2, 0) is 14.3 Å². The molecule has 2 atom stereocenters. The van der Waals surface area contributed by atoms with Gasteiger partial charge < -0.3 is 9.47 Å². The molecule has 0 saturated carbocycles. The lowest BCUT2D eigenvalue weighted by atomic mass is 10.0. The molecule has 0 N–H and O–H groups in total. The van der Waals surface area contributed by atoms with Crippen LogP contribution in [0.15, 0.2) is 30.3 Å². The standard InChI is InChI=1S/C12H16O3/c1-9(13)11(14-2)12(15-3)10-7-5-4-6-8-10/h4-8,11-12H,1-3H3. The Morgan fingerprint density at radius 3 is 2.13 bits per heavy atom. The average molecular weight is 208 g/mol. The molecule has 2 unspecified atom stereocenters. The van der Waals surface area contributed by atoms with E-state index in [0.717, 1.165) is 5.56 Å². The Labute approximate surface area is 90.0 Å². The van der Waals surface area contributed by atoms with Crippen LogP contribution in [0.4, 0.5) is 0 Å². The summed E-state index contributed by atoms with van der Waals surface area (Å²) < 4.78 is 10.4. The van der Waals surface area contributed by atoms with E-state index in [1.54, 1.807) is 7.11 Å². The summed E-state index contributed by atoms with van der Waals surface area (Å²) >= 11 is 0. The summed E-state index contributed by atoms with van der Waals surface area (Å²) in [6.45, 7) is 1.50. The summed E-state index contributed by atoms with van der Waals surface area (Å²) in [4.78, 5) is 11.3. The maximum absolute atomic E-state index is 11.3. The van der Waals surface area contributed by atoms with Crippen LogP contribution in [0.5, 0.6) is 0 Å². The van der Waals surface area contributed by atoms with Crippen molar-refractivity contribution in [3.63, 3.8) is 0 Å². The van der Waals surface area contributed by atoms with Crippen molar-refractivity contribution in [2.24, 2.45) is 0 Å². The predicted molar refractivity (Wildman–Crippen MR) is 57.7 cm³/mol. The van der Waals surface area contributed by atoms with Crippen LogP contribution in [0, 0.1) is 0 Å². The van der Waals surface area contributed by atoms with Crippen LogP contribution < -0.4 is 0 Å². The van der Waals surface area contributed by atoms with Gasteiger partial charge in [-0.15, -0.1) is 0 Å². The Balaban J connectivity index is 2.92. The topological polar surface area (TPSA) is 35.5 Å². The molecule has 0 spiro atoms. The molecule has 0 amide bonds. The van der Waals surface area contributed by atoms with Gasteiger partial charge >= 0.3 is 0 Å². The van der Waals surface area contributed by atoms with Crippen LogP contribution in [0.1, 0.15) is 18.6 Å². The number of ether oxygens (including phenoxy) is 2. The molecule has 0 saturated heterocycles. The number of carbonyl (C=O) groups is 1. The fourth-order valence-corrected chi connectivity index (χ4v) is 1.58. The zero-order valence-corrected chi connectivity index (χ0v) is 9.27. The first-order valence-electron chi connectivity index (χ1n) is 4.81. The van der Waals surface area contributed by atoms with E-state index in [0.29, 0.717) is 0 Å². The quantitative estimate of drug-likeness (QED) is 0.742. The molecule has 0 aliphatic heterocycles. The number of hydrogen-bond acceptors (Lipinski definition) is 3. The zero-order valence-electron chi connectivity index (χ0n) is 9.27. The Hall–Kier alpha value is -1.19. The minimum absolute atomic E-state index is 0.0341. The molecule has 82 valence electrons. The summed E-state index contributed by atoms with van der Waals surface area (Å²) in [6, 6.07) is 9.58. The highest BCUT2D eigenvalue weighted by molar-refractivity contribution is 5.81. The molecule has 1 aromatic rings. The highest BCUT2D eigenvalue weighted by Crippen LogP contribution is 2.22. The molecule has 0 heterocycles. The van der Waals surface area contributed by atoms with Gasteiger partial charge in [-0.3, -0.25) is 4.79 Å². The normalized spacial score (nSPS) is 14.6. The highest BCUT2D eigenvalue weighted by Gasteiger charge is 2.26. The molecule has 3 heteroatoms. The van der Waals surface area contributed by atoms with Gasteiger partial charge in [0.1, 0.15) is 12.2 Å². The number of ketones is 1. The fraction of sp³-hybridized carbons (Fsp3) is 0.417. The van der Waals surface area contributed by atoms with Gasteiger partial charge in [-0.25, -0.2) is 0 Å². The molecule has 1 rings (SSSR count). The molecule has 0 radical (unpaired) electrons. The van der Waals surface area contributed by atoms with Crippen molar-refractivity contribution < 1.29 is 14.3 Å². The third kappa shape index (κ3) is 2.88. The summed E-state index contributed by atoms with van der Waals surface area (Å²) in [5.74, 6) is -0.0341. The van der Waals surface area contributed by atoms with Gasteiger partial charge in [-0.1, -0.05) is 30.3 Å². The lowest BCUT2D eigenvalue weighted by Gasteiger charge is -2.22. The fourth-order valence-electron chi connectivity index (χ4n) is 1.58. The summed E-state index contributed by atoms with van der Waals surface area (Å²) in [6.07, 6.45) is -0.883. The second-order valence-electron chi connectivity index (χ2n) is 3.33. The maximum Gasteiger partial charge on any atom is 0.161 e. The molecule has 0 fully saturated rings. The number of benzene rings is 1. The number of rotatable bonds is 5. The molecular formula is C12H16O3. The second-order valence-corrected chi connectivity index (χ2v) is 3.33. The maximum atomic E-state index is 11.3. The predicted octanol–water partition coefficient (Wildman–Crippen LogP) is 1.98. The lowest BCUT2D eigenvalue weighted by molar-refractivity contribution is -0.135. The zero-order chi connectivity index (χ0) is 11.3. The first-order chi connectivity index (χ1) is 7.20. The van der Waals surface area contributed by atoms with E-state index >= 15 is 0 Å². The van der Waals surface area contributed by atoms with Crippen LogP contribution in [0.25, 0.3) is 0 Å². The van der Waals surface area contributed by atoms with Crippen LogP contribution >= 0.6 is 0 Å². The molecule has 3 nitrogen and oxygen atoms in total. The van der Waals surface area contributed by atoms with Crippen LogP contribution in [-0.4, -0.2) is 26.1 Å². The number of carbonyl (C=O) groups excluding carboxylic acids is 1. The van der Waals surface area contributed by atoms with Crippen molar-refractivity contribution in [3.8, 4) is 0 Å². The van der Waals surface area contributed by atoms with Crippen molar-refractivity contribution in [2.45, 2.75) is 19.1 Å². The third-order valence-electron chi connectivity index (χ3n) is 2.31. The average Bonchev–Trinajstić information content (AvgIpc) is 2.26. The highest BCUT2D eigenvalue weighted by atomic mass is 16.5. The van der Waals surface area contributed by atoms with E-state index in [-0.39, 0.29) is 11.9 Å². The molecule has 0 aromatic heterocycles. The number of hydrogen-bond donors (Lipinski definition) is 0. The second kappa shape index (κ2) is 5.63. The van der Waals surface area contributed by atoms with Crippen molar-refractivity contribution in [1.82, 2.24) is 0 Å². The molecule has 0 aliphatic rings. The smallest absolute Gasteiger partial charge is 0.161 e. The van der Waals surface area contributed by atoms with Crippen molar-refractivity contribution in [1.29, 1.82) is 0 Å². The largest absolute Gasteiger partial charge is 0.374 e. The number of methoxy groups -OCH3 is 2. The van der Waals surface area contributed by atoms with Crippen molar-refractivity contribution in [2.75, 3.05) is 14.2 Å². The van der Waals surface area contributed by atoms with Gasteiger partial charge in [-0.2, -0.15) is 0 Å². The summed E-state index contributed by atoms with van der Waals surface area (Å²) in [5, 5.41) is 0. The van der Waals surface area contributed by atoms with Gasteiger partial charge in [0.2, 0.25) is 0 Å². The third-order valence-corrected chi connectivity index (χ3v) is 2.31. The SMILES string of the molecule is COC(C(C)=O)C(OC)c1ccccc1. The van der Waals surface area contributed by atoms with Gasteiger partial charge in [0.15, 0.2) is 5.78 Å². The van der Waals surface area contributed by atoms with E-state index in [4.69, 9.17) is 9.47 Å². The molecule has 0 bridgehead atoms. The minimum atomic E-state index is -0.544. The monoisotopic (exact) mass is 208 g/mol. The molecule has 0 aliphatic carbocycles. The van der Waals surface area contributed by atoms with Gasteiger partial charge in [0.05, 0.1) is 0 Å².